The molecule has 3 heteroatoms. The molecule has 0 aromatic rings. The largest absolute Gasteiger partial charge is 0.455 e. The van der Waals surface area contributed by atoms with Crippen molar-refractivity contribution in [3.05, 3.63) is 36.0 Å². The summed E-state index contributed by atoms with van der Waals surface area (Å²) in [5.74, 6) is 2.73. The van der Waals surface area contributed by atoms with E-state index in [1.807, 2.05) is 19.1 Å². The smallest absolute Gasteiger partial charge is 0.331 e. The van der Waals surface area contributed by atoms with E-state index in [0.29, 0.717) is 0 Å². The second-order valence-electron chi connectivity index (χ2n) is 6.38. The van der Waals surface area contributed by atoms with Gasteiger partial charge >= 0.3 is 5.97 Å². The lowest BCUT2D eigenvalue weighted by Gasteiger charge is -2.09. The van der Waals surface area contributed by atoms with Gasteiger partial charge in [-0.2, -0.15) is 0 Å². The number of hydrogen-bond donors (Lipinski definition) is 0. The van der Waals surface area contributed by atoms with Gasteiger partial charge in [-0.1, -0.05) is 43.3 Å². The minimum Gasteiger partial charge on any atom is -0.455 e. The summed E-state index contributed by atoms with van der Waals surface area (Å²) in [4.78, 5) is 11.7. The Balaban J connectivity index is 2.39. The molecule has 0 heterocycles. The number of allylic oxidation sites excluding steroid dienone is 4. The fraction of sp³-hybridized carbons (Fsp3) is 0.500. The van der Waals surface area contributed by atoms with Crippen molar-refractivity contribution in [2.75, 3.05) is 0 Å². The molecule has 0 saturated carbocycles. The summed E-state index contributed by atoms with van der Waals surface area (Å²) >= 11 is 0. The quantitative estimate of drug-likeness (QED) is 0.333. The molecule has 1 aliphatic rings. The van der Waals surface area contributed by atoms with Crippen LogP contribution >= 0.6 is 0 Å². The van der Waals surface area contributed by atoms with Crippen molar-refractivity contribution >= 4 is 14.0 Å². The van der Waals surface area contributed by atoms with E-state index in [4.69, 9.17) is 4.74 Å². The minimum atomic E-state index is -1.33. The number of carbonyl (C=O) groups is 1. The first-order valence-corrected chi connectivity index (χ1v) is 11.1. The van der Waals surface area contributed by atoms with Crippen LogP contribution in [0.25, 0.3) is 0 Å². The van der Waals surface area contributed by atoms with Gasteiger partial charge in [-0.25, -0.2) is 4.79 Å². The number of carbonyl (C=O) groups excluding carboxylic acids is 1. The van der Waals surface area contributed by atoms with E-state index in [2.05, 4.69) is 37.2 Å². The van der Waals surface area contributed by atoms with Crippen LogP contribution in [0.4, 0.5) is 0 Å². The molecular formula is C18H26O2Si. The fourth-order valence-corrected chi connectivity index (χ4v) is 2.41. The maximum Gasteiger partial charge on any atom is 0.331 e. The van der Waals surface area contributed by atoms with Gasteiger partial charge in [-0.05, 0) is 44.8 Å². The topological polar surface area (TPSA) is 26.3 Å². The molecule has 0 radical (unpaired) electrons. The molecule has 1 unspecified atom stereocenters. The average Bonchev–Trinajstić information content (AvgIpc) is 2.41. The molecule has 114 valence electrons. The molecule has 0 saturated heterocycles. The van der Waals surface area contributed by atoms with Crippen LogP contribution in [0, 0.1) is 11.5 Å². The van der Waals surface area contributed by atoms with Crippen LogP contribution in [0.5, 0.6) is 0 Å². The third-order valence-electron chi connectivity index (χ3n) is 2.96. The van der Waals surface area contributed by atoms with Gasteiger partial charge in [0.1, 0.15) is 14.2 Å². The van der Waals surface area contributed by atoms with Crippen molar-refractivity contribution in [2.24, 2.45) is 0 Å². The maximum atomic E-state index is 11.7. The molecule has 0 N–H and O–H groups in total. The fourth-order valence-electron chi connectivity index (χ4n) is 1.89. The van der Waals surface area contributed by atoms with Gasteiger partial charge in [0, 0.05) is 6.08 Å². The van der Waals surface area contributed by atoms with Crippen molar-refractivity contribution in [2.45, 2.75) is 58.4 Å². The monoisotopic (exact) mass is 302 g/mol. The van der Waals surface area contributed by atoms with Crippen LogP contribution in [0.15, 0.2) is 36.0 Å². The molecule has 0 aromatic carbocycles. The van der Waals surface area contributed by atoms with E-state index in [1.54, 1.807) is 6.08 Å². The second kappa shape index (κ2) is 8.69. The maximum absolute atomic E-state index is 11.7. The van der Waals surface area contributed by atoms with Crippen LogP contribution in [-0.2, 0) is 9.53 Å². The van der Waals surface area contributed by atoms with Crippen molar-refractivity contribution < 1.29 is 9.53 Å². The van der Waals surface area contributed by atoms with Crippen LogP contribution in [0.2, 0.25) is 19.6 Å². The molecule has 0 spiro atoms. The highest BCUT2D eigenvalue weighted by molar-refractivity contribution is 6.83. The van der Waals surface area contributed by atoms with E-state index < -0.39 is 8.07 Å². The lowest BCUT2D eigenvalue weighted by molar-refractivity contribution is -0.140. The zero-order chi connectivity index (χ0) is 15.7. The van der Waals surface area contributed by atoms with Gasteiger partial charge in [0.15, 0.2) is 0 Å². The van der Waals surface area contributed by atoms with Gasteiger partial charge in [0.05, 0.1) is 0 Å². The van der Waals surface area contributed by atoms with Gasteiger partial charge in [0.25, 0.3) is 0 Å². The molecule has 1 atom stereocenters. The summed E-state index contributed by atoms with van der Waals surface area (Å²) in [5, 5.41) is 0. The normalized spacial score (nSPS) is 17.2. The molecule has 0 fully saturated rings. The Morgan fingerprint density at radius 3 is 2.76 bits per heavy atom. The van der Waals surface area contributed by atoms with Crippen LogP contribution in [-0.4, -0.2) is 20.1 Å². The zero-order valence-corrected chi connectivity index (χ0v) is 14.6. The third-order valence-corrected chi connectivity index (χ3v) is 3.85. The van der Waals surface area contributed by atoms with E-state index in [0.717, 1.165) is 12.8 Å². The first-order chi connectivity index (χ1) is 9.87. The van der Waals surface area contributed by atoms with Crippen molar-refractivity contribution in [3.63, 3.8) is 0 Å². The van der Waals surface area contributed by atoms with E-state index in [9.17, 15) is 4.79 Å². The van der Waals surface area contributed by atoms with E-state index >= 15 is 0 Å². The van der Waals surface area contributed by atoms with Crippen LogP contribution in [0.1, 0.15) is 32.6 Å². The van der Waals surface area contributed by atoms with Crippen LogP contribution < -0.4 is 0 Å². The number of esters is 1. The standard InChI is InChI=1S/C18H26O2Si/c1-16(10-8-9-15-21(2,3)4)20-18(19)14-13-17-11-6-5-7-12-17/h8,10-11,13-14,16H,5-7,12H2,1-4H3/b10-8+,14-13+. The molecule has 1 aliphatic carbocycles. The van der Waals surface area contributed by atoms with Crippen molar-refractivity contribution in [3.8, 4) is 11.5 Å². The number of ether oxygens (including phenoxy) is 1. The Bertz CT molecular complexity index is 496. The highest BCUT2D eigenvalue weighted by Gasteiger charge is 2.07. The van der Waals surface area contributed by atoms with Gasteiger partial charge in [-0.3, -0.25) is 0 Å². The lowest BCUT2D eigenvalue weighted by atomic mass is 9.99. The SMILES string of the molecule is CC(/C=C/C#C[Si](C)(C)C)OC(=O)/C=C/C1=CCCCC1. The summed E-state index contributed by atoms with van der Waals surface area (Å²) in [7, 11) is -1.33. The summed E-state index contributed by atoms with van der Waals surface area (Å²) < 4.78 is 5.28. The number of rotatable bonds is 4. The highest BCUT2D eigenvalue weighted by Crippen LogP contribution is 2.18. The lowest BCUT2D eigenvalue weighted by Crippen LogP contribution is -2.16. The Hall–Kier alpha value is -1.53. The Morgan fingerprint density at radius 2 is 2.14 bits per heavy atom. The Kier molecular flexibility index (Phi) is 7.25. The molecule has 2 nitrogen and oxygen atoms in total. The summed E-state index contributed by atoms with van der Waals surface area (Å²) in [6, 6.07) is 0. The van der Waals surface area contributed by atoms with Crippen LogP contribution in [0.3, 0.4) is 0 Å². The average molecular weight is 302 g/mol. The third kappa shape index (κ3) is 9.09. The second-order valence-corrected chi connectivity index (χ2v) is 11.1. The molecule has 0 bridgehead atoms. The molecule has 1 rings (SSSR count). The van der Waals surface area contributed by atoms with Gasteiger partial charge in [0.2, 0.25) is 0 Å². The van der Waals surface area contributed by atoms with E-state index in [-0.39, 0.29) is 12.1 Å². The molecule has 0 aliphatic heterocycles. The predicted molar refractivity (Wildman–Crippen MR) is 91.5 cm³/mol. The van der Waals surface area contributed by atoms with Gasteiger partial charge in [-0.15, -0.1) is 5.54 Å². The predicted octanol–water partition coefficient (Wildman–Crippen LogP) is 4.41. The Labute approximate surface area is 130 Å². The molecule has 0 aromatic heterocycles. The first-order valence-electron chi connectivity index (χ1n) is 7.64. The van der Waals surface area contributed by atoms with Crippen molar-refractivity contribution in [1.29, 1.82) is 0 Å². The van der Waals surface area contributed by atoms with E-state index in [1.165, 1.54) is 24.5 Å². The minimum absolute atomic E-state index is 0.251. The summed E-state index contributed by atoms with van der Waals surface area (Å²) in [6.45, 7) is 8.43. The highest BCUT2D eigenvalue weighted by atomic mass is 28.3. The molecule has 0 amide bonds. The Morgan fingerprint density at radius 1 is 1.38 bits per heavy atom. The van der Waals surface area contributed by atoms with Gasteiger partial charge < -0.3 is 4.74 Å². The zero-order valence-electron chi connectivity index (χ0n) is 13.6. The summed E-state index contributed by atoms with van der Waals surface area (Å²) in [5.41, 5.74) is 4.48. The molecule has 21 heavy (non-hydrogen) atoms. The first kappa shape index (κ1) is 17.5. The summed E-state index contributed by atoms with van der Waals surface area (Å²) in [6.07, 6.45) is 13.6. The van der Waals surface area contributed by atoms with Crippen molar-refractivity contribution in [1.82, 2.24) is 0 Å². The number of hydrogen-bond acceptors (Lipinski definition) is 2. The molecular weight excluding hydrogens is 276 g/mol.